The lowest BCUT2D eigenvalue weighted by Gasteiger charge is -2.20. The van der Waals surface area contributed by atoms with E-state index in [0.29, 0.717) is 11.7 Å². The van der Waals surface area contributed by atoms with Crippen molar-refractivity contribution in [2.24, 2.45) is 0 Å². The third-order valence-electron chi connectivity index (χ3n) is 3.91. The smallest absolute Gasteiger partial charge is 0.237 e. The van der Waals surface area contributed by atoms with Gasteiger partial charge in [-0.2, -0.15) is 4.98 Å². The first kappa shape index (κ1) is 15.2. The van der Waals surface area contributed by atoms with Gasteiger partial charge in [0.05, 0.1) is 17.2 Å². The van der Waals surface area contributed by atoms with Crippen LogP contribution in [0.15, 0.2) is 34.9 Å². The van der Waals surface area contributed by atoms with Gasteiger partial charge in [-0.1, -0.05) is 35.5 Å². The van der Waals surface area contributed by atoms with E-state index in [0.717, 1.165) is 24.7 Å². The summed E-state index contributed by atoms with van der Waals surface area (Å²) in [5, 5.41) is 3.99. The molecule has 7 heteroatoms. The van der Waals surface area contributed by atoms with Crippen molar-refractivity contribution in [3.05, 3.63) is 47.6 Å². The zero-order valence-electron chi connectivity index (χ0n) is 12.8. The van der Waals surface area contributed by atoms with Crippen LogP contribution in [0.1, 0.15) is 44.0 Å². The van der Waals surface area contributed by atoms with Crippen molar-refractivity contribution >= 4 is 10.0 Å². The second-order valence-corrected chi connectivity index (χ2v) is 8.12. The predicted molar refractivity (Wildman–Crippen MR) is 81.8 cm³/mol. The van der Waals surface area contributed by atoms with Crippen LogP contribution in [0.3, 0.4) is 0 Å². The van der Waals surface area contributed by atoms with Gasteiger partial charge in [-0.25, -0.2) is 13.1 Å². The topological polar surface area (TPSA) is 85.1 Å². The zero-order chi connectivity index (χ0) is 16.0. The molecule has 1 fully saturated rings. The first-order valence-electron chi connectivity index (χ1n) is 7.12. The minimum absolute atomic E-state index is 0.215. The third-order valence-corrected chi connectivity index (χ3v) is 4.79. The van der Waals surface area contributed by atoms with E-state index in [9.17, 15) is 8.42 Å². The molecular weight excluding hydrogens is 302 g/mol. The number of nitrogens with one attached hydrogen (secondary N) is 1. The van der Waals surface area contributed by atoms with Crippen molar-refractivity contribution in [1.82, 2.24) is 14.9 Å². The minimum Gasteiger partial charge on any atom is -0.338 e. The lowest BCUT2D eigenvalue weighted by atomic mass is 9.96. The van der Waals surface area contributed by atoms with E-state index in [4.69, 9.17) is 4.52 Å². The number of nitrogens with zero attached hydrogens (tertiary/aromatic N) is 2. The summed E-state index contributed by atoms with van der Waals surface area (Å²) in [4.78, 5) is 4.47. The Hall–Kier alpha value is -1.73. The summed E-state index contributed by atoms with van der Waals surface area (Å²) in [6.07, 6.45) is 3.03. The Balaban J connectivity index is 1.92. The summed E-state index contributed by atoms with van der Waals surface area (Å²) in [5.74, 6) is 0.896. The van der Waals surface area contributed by atoms with Gasteiger partial charge in [0.25, 0.3) is 0 Å². The first-order chi connectivity index (χ1) is 10.2. The van der Waals surface area contributed by atoms with Crippen molar-refractivity contribution < 1.29 is 12.9 Å². The predicted octanol–water partition coefficient (Wildman–Crippen LogP) is 1.93. The van der Waals surface area contributed by atoms with Gasteiger partial charge < -0.3 is 4.52 Å². The van der Waals surface area contributed by atoms with Crippen LogP contribution in [0.4, 0.5) is 0 Å². The number of hydrogen-bond donors (Lipinski definition) is 1. The van der Waals surface area contributed by atoms with Gasteiger partial charge in [0, 0.05) is 0 Å². The normalized spacial score (nSPS) is 17.4. The van der Waals surface area contributed by atoms with Gasteiger partial charge >= 0.3 is 0 Å². The Bertz CT molecular complexity index is 777. The van der Waals surface area contributed by atoms with Gasteiger partial charge in [0.15, 0.2) is 5.82 Å². The zero-order valence-corrected chi connectivity index (χ0v) is 13.6. The van der Waals surface area contributed by atoms with E-state index in [1.807, 2.05) is 18.2 Å². The van der Waals surface area contributed by atoms with Crippen molar-refractivity contribution in [3.8, 4) is 0 Å². The minimum atomic E-state index is -3.36. The molecule has 0 amide bonds. The molecule has 3 rings (SSSR count). The molecule has 1 saturated carbocycles. The Morgan fingerprint density at radius 1 is 1.23 bits per heavy atom. The molecule has 0 saturated heterocycles. The van der Waals surface area contributed by atoms with E-state index >= 15 is 0 Å². The van der Waals surface area contributed by atoms with E-state index in [-0.39, 0.29) is 5.41 Å². The molecule has 1 N–H and O–H groups in total. The molecule has 22 heavy (non-hydrogen) atoms. The van der Waals surface area contributed by atoms with Gasteiger partial charge in [0.2, 0.25) is 15.9 Å². The summed E-state index contributed by atoms with van der Waals surface area (Å²) in [6, 6.07) is 10.1. The van der Waals surface area contributed by atoms with E-state index in [1.165, 1.54) is 0 Å². The van der Waals surface area contributed by atoms with Crippen molar-refractivity contribution in [1.29, 1.82) is 0 Å². The quantitative estimate of drug-likeness (QED) is 0.909. The van der Waals surface area contributed by atoms with Crippen LogP contribution in [0.2, 0.25) is 0 Å². The second kappa shape index (κ2) is 4.89. The molecule has 0 spiro atoms. The molecule has 0 unspecified atom stereocenters. The van der Waals surface area contributed by atoms with Crippen molar-refractivity contribution in [2.75, 3.05) is 6.26 Å². The number of sulfonamides is 1. The first-order valence-corrected chi connectivity index (χ1v) is 9.01. The van der Waals surface area contributed by atoms with Crippen molar-refractivity contribution in [2.45, 2.75) is 37.6 Å². The van der Waals surface area contributed by atoms with Crippen molar-refractivity contribution in [3.63, 3.8) is 0 Å². The molecule has 0 bridgehead atoms. The Kier molecular flexibility index (Phi) is 3.37. The molecule has 1 aliphatic carbocycles. The molecule has 0 aliphatic heterocycles. The van der Waals surface area contributed by atoms with E-state index in [2.05, 4.69) is 27.0 Å². The lowest BCUT2D eigenvalue weighted by molar-refractivity contribution is 0.341. The van der Waals surface area contributed by atoms with E-state index in [1.54, 1.807) is 13.8 Å². The monoisotopic (exact) mass is 321 g/mol. The van der Waals surface area contributed by atoms with Crippen LogP contribution in [-0.4, -0.2) is 24.8 Å². The maximum atomic E-state index is 11.5. The SMILES string of the molecule is CC(C)(NS(C)(=O)=O)c1noc(C2(c3ccccc3)CC2)n1. The van der Waals surface area contributed by atoms with Gasteiger partial charge in [-0.15, -0.1) is 0 Å². The lowest BCUT2D eigenvalue weighted by Crippen LogP contribution is -2.41. The highest BCUT2D eigenvalue weighted by Gasteiger charge is 2.51. The summed E-state index contributed by atoms with van der Waals surface area (Å²) in [6.45, 7) is 3.43. The van der Waals surface area contributed by atoms with Crippen LogP contribution >= 0.6 is 0 Å². The van der Waals surface area contributed by atoms with Crippen LogP contribution in [0.25, 0.3) is 0 Å². The fourth-order valence-corrected chi connectivity index (χ4v) is 3.71. The molecule has 1 heterocycles. The summed E-state index contributed by atoms with van der Waals surface area (Å²) in [5.41, 5.74) is 0.0227. The highest BCUT2D eigenvalue weighted by Crippen LogP contribution is 2.52. The highest BCUT2D eigenvalue weighted by atomic mass is 32.2. The van der Waals surface area contributed by atoms with Crippen LogP contribution in [-0.2, 0) is 21.0 Å². The van der Waals surface area contributed by atoms with E-state index < -0.39 is 15.6 Å². The van der Waals surface area contributed by atoms with Gasteiger partial charge in [-0.3, -0.25) is 0 Å². The number of hydrogen-bond acceptors (Lipinski definition) is 5. The average Bonchev–Trinajstić information content (AvgIpc) is 3.06. The number of benzene rings is 1. The fraction of sp³-hybridized carbons (Fsp3) is 0.467. The van der Waals surface area contributed by atoms with Crippen LogP contribution in [0.5, 0.6) is 0 Å². The Morgan fingerprint density at radius 2 is 1.86 bits per heavy atom. The molecule has 2 aromatic rings. The summed E-state index contributed by atoms with van der Waals surface area (Å²) >= 11 is 0. The summed E-state index contributed by atoms with van der Waals surface area (Å²) in [7, 11) is -3.36. The standard InChI is InChI=1S/C15H19N3O3S/c1-14(2,18-22(3,19)20)12-16-13(21-17-12)15(9-10-15)11-7-5-4-6-8-11/h4-8,18H,9-10H2,1-3H3. The molecule has 0 atom stereocenters. The Morgan fingerprint density at radius 3 is 2.41 bits per heavy atom. The second-order valence-electron chi connectivity index (χ2n) is 6.37. The Labute approximate surface area is 130 Å². The molecule has 118 valence electrons. The molecule has 1 aromatic carbocycles. The fourth-order valence-electron chi connectivity index (χ4n) is 2.69. The van der Waals surface area contributed by atoms with Gasteiger partial charge in [-0.05, 0) is 32.3 Å². The average molecular weight is 321 g/mol. The number of aromatic nitrogens is 2. The molecule has 6 nitrogen and oxygen atoms in total. The maximum Gasteiger partial charge on any atom is 0.237 e. The number of rotatable bonds is 5. The summed E-state index contributed by atoms with van der Waals surface area (Å²) < 4.78 is 30.9. The van der Waals surface area contributed by atoms with Gasteiger partial charge in [0.1, 0.15) is 0 Å². The van der Waals surface area contributed by atoms with Crippen LogP contribution < -0.4 is 4.72 Å². The highest BCUT2D eigenvalue weighted by molar-refractivity contribution is 7.88. The molecule has 1 aromatic heterocycles. The largest absolute Gasteiger partial charge is 0.338 e. The molecule has 1 aliphatic rings. The van der Waals surface area contributed by atoms with Crippen LogP contribution in [0, 0.1) is 0 Å². The third kappa shape index (κ3) is 2.78. The maximum absolute atomic E-state index is 11.5. The molecular formula is C15H19N3O3S. The molecule has 0 radical (unpaired) electrons.